The van der Waals surface area contributed by atoms with Crippen LogP contribution in [0.2, 0.25) is 0 Å². The van der Waals surface area contributed by atoms with E-state index in [0.717, 1.165) is 5.56 Å². The van der Waals surface area contributed by atoms with Gasteiger partial charge in [0.05, 0.1) is 0 Å². The van der Waals surface area contributed by atoms with Gasteiger partial charge in [-0.2, -0.15) is 17.5 Å². The molecule has 0 aliphatic heterocycles. The highest BCUT2D eigenvalue weighted by molar-refractivity contribution is 7.10. The molecule has 118 valence electrons. The van der Waals surface area contributed by atoms with Gasteiger partial charge in [-0.1, -0.05) is 30.3 Å². The Morgan fingerprint density at radius 3 is 2.59 bits per heavy atom. The number of alkyl halides is 3. The quantitative estimate of drug-likeness (QED) is 0.906. The van der Waals surface area contributed by atoms with E-state index >= 15 is 0 Å². The fourth-order valence-corrected chi connectivity index (χ4v) is 2.70. The van der Waals surface area contributed by atoms with Crippen molar-refractivity contribution < 1.29 is 18.0 Å². The first-order valence-electron chi connectivity index (χ1n) is 6.46. The number of amides is 1. The van der Waals surface area contributed by atoms with Crippen LogP contribution in [0.3, 0.4) is 0 Å². The number of carbonyl (C=O) groups is 1. The number of benzene rings is 1. The number of halogens is 3. The van der Waals surface area contributed by atoms with Gasteiger partial charge in [0, 0.05) is 6.04 Å². The second-order valence-corrected chi connectivity index (χ2v) is 5.64. The number of aromatic nitrogens is 1. The minimum absolute atomic E-state index is 0.239. The first-order valence-corrected chi connectivity index (χ1v) is 7.23. The van der Waals surface area contributed by atoms with Crippen molar-refractivity contribution in [2.45, 2.75) is 25.6 Å². The molecule has 0 aliphatic rings. The highest BCUT2D eigenvalue weighted by Crippen LogP contribution is 2.35. The smallest absolute Gasteiger partial charge is 0.389 e. The van der Waals surface area contributed by atoms with E-state index in [1.165, 1.54) is 0 Å². The largest absolute Gasteiger partial charge is 0.435 e. The number of hydrogen-bond acceptors (Lipinski definition) is 4. The third-order valence-electron chi connectivity index (χ3n) is 2.98. The summed E-state index contributed by atoms with van der Waals surface area (Å²) in [6.07, 6.45) is -4.20. The Bertz CT molecular complexity index is 655. The van der Waals surface area contributed by atoms with Crippen LogP contribution >= 0.6 is 11.5 Å². The van der Waals surface area contributed by atoms with Gasteiger partial charge in [0.2, 0.25) is 0 Å². The first-order chi connectivity index (χ1) is 10.3. The predicted octanol–water partition coefficient (Wildman–Crippen LogP) is 3.11. The summed E-state index contributed by atoms with van der Waals surface area (Å²) in [5.74, 6) is -0.859. The Kier molecular flexibility index (Phi) is 4.70. The molecule has 2 aromatic rings. The Balaban J connectivity index is 2.11. The van der Waals surface area contributed by atoms with Crippen molar-refractivity contribution in [2.75, 3.05) is 5.73 Å². The Labute approximate surface area is 129 Å². The van der Waals surface area contributed by atoms with Crippen LogP contribution in [0.15, 0.2) is 30.3 Å². The molecule has 3 N–H and O–H groups in total. The molecular weight excluding hydrogens is 315 g/mol. The van der Waals surface area contributed by atoms with Gasteiger partial charge in [-0.3, -0.25) is 4.79 Å². The van der Waals surface area contributed by atoms with E-state index in [1.54, 1.807) is 6.92 Å². The van der Waals surface area contributed by atoms with E-state index in [0.29, 0.717) is 18.0 Å². The Morgan fingerprint density at radius 2 is 2.00 bits per heavy atom. The molecule has 0 radical (unpaired) electrons. The molecule has 1 amide bonds. The molecule has 1 unspecified atom stereocenters. The average molecular weight is 329 g/mol. The van der Waals surface area contributed by atoms with E-state index < -0.39 is 23.3 Å². The number of nitrogens with zero attached hydrogens (tertiary/aromatic N) is 1. The number of hydrogen-bond donors (Lipinski definition) is 2. The fourth-order valence-electron chi connectivity index (χ4n) is 2.03. The molecule has 1 heterocycles. The normalized spacial score (nSPS) is 12.9. The maximum absolute atomic E-state index is 12.8. The topological polar surface area (TPSA) is 68.0 Å². The Morgan fingerprint density at radius 1 is 1.36 bits per heavy atom. The summed E-state index contributed by atoms with van der Waals surface area (Å²) in [5.41, 5.74) is 4.60. The number of nitrogens with two attached hydrogens (primary N) is 1. The van der Waals surface area contributed by atoms with Crippen LogP contribution in [0.1, 0.15) is 28.5 Å². The third-order valence-corrected chi connectivity index (χ3v) is 3.65. The van der Waals surface area contributed by atoms with Crippen LogP contribution in [0, 0.1) is 0 Å². The lowest BCUT2D eigenvalue weighted by Gasteiger charge is -2.15. The zero-order valence-electron chi connectivity index (χ0n) is 11.6. The number of carbonyl (C=O) groups excluding carboxylic acids is 1. The molecule has 1 aromatic heterocycles. The predicted molar refractivity (Wildman–Crippen MR) is 78.6 cm³/mol. The molecule has 22 heavy (non-hydrogen) atoms. The van der Waals surface area contributed by atoms with Crippen molar-refractivity contribution in [1.82, 2.24) is 9.69 Å². The number of nitrogen functional groups attached to an aromatic ring is 1. The zero-order valence-corrected chi connectivity index (χ0v) is 12.5. The molecule has 0 spiro atoms. The molecular formula is C14H14F3N3OS. The number of anilines is 1. The lowest BCUT2D eigenvalue weighted by atomic mass is 10.1. The van der Waals surface area contributed by atoms with E-state index in [-0.39, 0.29) is 11.0 Å². The molecule has 1 aromatic carbocycles. The molecule has 0 saturated carbocycles. The van der Waals surface area contributed by atoms with Gasteiger partial charge in [0.25, 0.3) is 5.91 Å². The molecule has 1 atom stereocenters. The van der Waals surface area contributed by atoms with Crippen LogP contribution < -0.4 is 11.1 Å². The van der Waals surface area contributed by atoms with E-state index in [2.05, 4.69) is 9.69 Å². The SMILES string of the molecule is CC(Cc1ccccc1)NC(=O)c1c(C(F)(F)F)nsc1N. The fraction of sp³-hybridized carbons (Fsp3) is 0.286. The van der Waals surface area contributed by atoms with Crippen LogP contribution in [0.5, 0.6) is 0 Å². The Hall–Kier alpha value is -2.09. The second-order valence-electron chi connectivity index (χ2n) is 4.83. The van der Waals surface area contributed by atoms with Gasteiger partial charge in [0.1, 0.15) is 10.6 Å². The standard InChI is InChI=1S/C14H14F3N3OS/c1-8(7-9-5-3-2-4-6-9)19-13(21)10-11(14(15,16)17)20-22-12(10)18/h2-6,8H,7,18H2,1H3,(H,19,21). The minimum Gasteiger partial charge on any atom is -0.389 e. The second kappa shape index (κ2) is 6.35. The lowest BCUT2D eigenvalue weighted by Crippen LogP contribution is -2.35. The van der Waals surface area contributed by atoms with Crippen LogP contribution in [-0.2, 0) is 12.6 Å². The van der Waals surface area contributed by atoms with Crippen LogP contribution in [0.25, 0.3) is 0 Å². The van der Waals surface area contributed by atoms with Crippen molar-refractivity contribution in [2.24, 2.45) is 0 Å². The summed E-state index contributed by atoms with van der Waals surface area (Å²) in [5, 5.41) is 2.29. The highest BCUT2D eigenvalue weighted by atomic mass is 32.1. The van der Waals surface area contributed by atoms with E-state index in [1.807, 2.05) is 30.3 Å². The van der Waals surface area contributed by atoms with Crippen LogP contribution in [0.4, 0.5) is 18.2 Å². The van der Waals surface area contributed by atoms with Gasteiger partial charge < -0.3 is 11.1 Å². The number of rotatable bonds is 4. The number of nitrogens with one attached hydrogen (secondary N) is 1. The molecule has 2 rings (SSSR count). The third kappa shape index (κ3) is 3.76. The van der Waals surface area contributed by atoms with Crippen molar-refractivity contribution in [3.63, 3.8) is 0 Å². The summed E-state index contributed by atoms with van der Waals surface area (Å²) in [7, 11) is 0. The highest BCUT2D eigenvalue weighted by Gasteiger charge is 2.40. The summed E-state index contributed by atoms with van der Waals surface area (Å²) in [4.78, 5) is 12.1. The van der Waals surface area contributed by atoms with Crippen LogP contribution in [-0.4, -0.2) is 16.3 Å². The molecule has 0 bridgehead atoms. The monoisotopic (exact) mass is 329 g/mol. The lowest BCUT2D eigenvalue weighted by molar-refractivity contribution is -0.140. The maximum atomic E-state index is 12.8. The zero-order chi connectivity index (χ0) is 16.3. The molecule has 4 nitrogen and oxygen atoms in total. The molecule has 0 fully saturated rings. The van der Waals surface area contributed by atoms with Crippen molar-refractivity contribution in [3.8, 4) is 0 Å². The summed E-state index contributed by atoms with van der Waals surface area (Å²) >= 11 is 0.464. The van der Waals surface area contributed by atoms with Crippen molar-refractivity contribution >= 4 is 22.4 Å². The maximum Gasteiger partial charge on any atom is 0.435 e. The minimum atomic E-state index is -4.70. The summed E-state index contributed by atoms with van der Waals surface area (Å²) in [6, 6.07) is 8.99. The first kappa shape index (κ1) is 16.3. The summed E-state index contributed by atoms with van der Waals surface area (Å²) < 4.78 is 41.7. The van der Waals surface area contributed by atoms with Crippen molar-refractivity contribution in [3.05, 3.63) is 47.2 Å². The van der Waals surface area contributed by atoms with Gasteiger partial charge in [-0.05, 0) is 30.4 Å². The average Bonchev–Trinajstić information content (AvgIpc) is 2.81. The molecule has 8 heteroatoms. The van der Waals surface area contributed by atoms with Gasteiger partial charge in [-0.25, -0.2) is 0 Å². The molecule has 0 aliphatic carbocycles. The summed E-state index contributed by atoms with van der Waals surface area (Å²) in [6.45, 7) is 1.72. The van der Waals surface area contributed by atoms with E-state index in [4.69, 9.17) is 5.73 Å². The van der Waals surface area contributed by atoms with Crippen molar-refractivity contribution in [1.29, 1.82) is 0 Å². The van der Waals surface area contributed by atoms with Gasteiger partial charge >= 0.3 is 6.18 Å². The van der Waals surface area contributed by atoms with Gasteiger partial charge in [0.15, 0.2) is 5.69 Å². The molecule has 0 saturated heterocycles. The van der Waals surface area contributed by atoms with E-state index in [9.17, 15) is 18.0 Å². The van der Waals surface area contributed by atoms with Gasteiger partial charge in [-0.15, -0.1) is 0 Å².